The molecule has 0 amide bonds. The van der Waals surface area contributed by atoms with Crippen LogP contribution in [0.5, 0.6) is 11.5 Å². The van der Waals surface area contributed by atoms with E-state index in [0.717, 1.165) is 55.0 Å². The second-order valence-electron chi connectivity index (χ2n) is 45.9. The van der Waals surface area contributed by atoms with Gasteiger partial charge in [0.25, 0.3) is 20.1 Å². The summed E-state index contributed by atoms with van der Waals surface area (Å²) in [5.41, 5.74) is 44.3. The molecule has 14 aromatic rings. The summed E-state index contributed by atoms with van der Waals surface area (Å²) in [6.07, 6.45) is 4.90. The fraction of sp³-hybridized carbons (Fsp3) is 0.361. The highest BCUT2D eigenvalue weighted by Crippen LogP contribution is 2.57. The Kier molecular flexibility index (Phi) is 20.2. The fourth-order valence-corrected chi connectivity index (χ4v) is 24.9. The Labute approximate surface area is 786 Å². The first kappa shape index (κ1) is 87.5. The Bertz CT molecular complexity index is 7020. The molecule has 11 heteroatoms. The Morgan fingerprint density at radius 1 is 0.262 bits per heavy atom. The van der Waals surface area contributed by atoms with Crippen molar-refractivity contribution >= 4 is 196 Å². The molecule has 0 atom stereocenters. The molecule has 0 saturated heterocycles. The molecule has 20 rings (SSSR count). The summed E-state index contributed by atoms with van der Waals surface area (Å²) in [4.78, 5) is 13.8. The average molecular weight is 1740 g/mol. The van der Waals surface area contributed by atoms with Crippen molar-refractivity contribution in [2.45, 2.75) is 283 Å². The second kappa shape index (κ2) is 30.0. The molecule has 8 heterocycles. The minimum Gasteiger partial charge on any atom is -0.457 e. The Morgan fingerprint density at radius 2 is 0.562 bits per heavy atom. The fourth-order valence-electron chi connectivity index (χ4n) is 22.4. The highest BCUT2D eigenvalue weighted by Gasteiger charge is 2.54. The molecule has 0 unspecified atom stereocenters. The van der Waals surface area contributed by atoms with Crippen molar-refractivity contribution in [3.05, 3.63) is 272 Å². The van der Waals surface area contributed by atoms with Crippen molar-refractivity contribution < 1.29 is 4.74 Å². The van der Waals surface area contributed by atoms with Crippen LogP contribution < -0.4 is 77.0 Å². The maximum atomic E-state index is 7.93. The summed E-state index contributed by atoms with van der Waals surface area (Å²) < 4.78 is 13.1. The molecule has 0 N–H and O–H groups in total. The maximum Gasteiger partial charge on any atom is 0.268 e. The van der Waals surface area contributed by atoms with E-state index in [9.17, 15) is 0 Å². The van der Waals surface area contributed by atoms with Gasteiger partial charge in [-0.25, -0.2) is 0 Å². The van der Waals surface area contributed by atoms with Gasteiger partial charge < -0.3 is 29.2 Å². The van der Waals surface area contributed by atoms with Gasteiger partial charge in [-0.1, -0.05) is 262 Å². The molecule has 0 fully saturated rings. The largest absolute Gasteiger partial charge is 0.457 e. The minimum absolute atomic E-state index is 0.0475. The third-order valence-corrected chi connectivity index (χ3v) is 34.8. The standard InChI is InChI=1S/C119H132B3N5OS2/c1-31-115(21,22)77-42-50-101-85(56-77)108-110(129-101)121-89-65-88-93(67-92(89)124(83-46-38-75(39-47-83)113(15,16)17)96-59-79(117(25,26)33-3)60-97(104(96)121)125(108)84-48-40-76(41-49-84)114(18,19)20)126(106-70(8)52-68(6)53-71(106)9)98-61-80(118(27,28)34-4)58-95-103(98)120(88)87-64-90-94(66-91(87)123(95)82-44-36-74(37-45-82)112(12,13)14)127(107-72(10)54-69(7)55-73(107)11)99-62-81(119(29,30)35-5)63-100-105(99)122(90)111-109(128-100)86-57-78(116(23,24)32-2)43-51-102(86)130-111/h36-67H,31-35H2,1-30H3. The highest BCUT2D eigenvalue weighted by atomic mass is 32.1. The first-order chi connectivity index (χ1) is 61.3. The van der Waals surface area contributed by atoms with E-state index < -0.39 is 0 Å². The van der Waals surface area contributed by atoms with Crippen molar-refractivity contribution in [2.24, 2.45) is 0 Å². The number of hydrogen-bond donors (Lipinski definition) is 0. The average Bonchev–Trinajstić information content (AvgIpc) is 1.07. The molecule has 12 aromatic carbocycles. The third-order valence-electron chi connectivity index (χ3n) is 32.4. The quantitative estimate of drug-likeness (QED) is 0.0949. The van der Waals surface area contributed by atoms with E-state index in [1.54, 1.807) is 0 Å². The first-order valence-electron chi connectivity index (χ1n) is 48.5. The predicted molar refractivity (Wildman–Crippen MR) is 572 cm³/mol. The summed E-state index contributed by atoms with van der Waals surface area (Å²) in [6.45, 7) is 70.8. The molecule has 660 valence electrons. The lowest BCUT2D eigenvalue weighted by molar-refractivity contribution is 0.479. The van der Waals surface area contributed by atoms with Crippen LogP contribution in [0.2, 0.25) is 0 Å². The number of fused-ring (bicyclic) bond motifs is 16. The Hall–Kier alpha value is -10.4. The molecule has 130 heavy (non-hydrogen) atoms. The summed E-state index contributed by atoms with van der Waals surface area (Å²) in [7, 11) is 0. The number of aryl methyl sites for hydroxylation is 6. The molecule has 0 saturated carbocycles. The van der Waals surface area contributed by atoms with Crippen LogP contribution in [0.3, 0.4) is 0 Å². The molecule has 2 aromatic heterocycles. The van der Waals surface area contributed by atoms with Crippen LogP contribution in [0, 0.1) is 41.5 Å². The van der Waals surface area contributed by atoms with Crippen molar-refractivity contribution in [1.29, 1.82) is 0 Å². The Balaban J connectivity index is 0.979. The van der Waals surface area contributed by atoms with Crippen molar-refractivity contribution in [3.63, 3.8) is 0 Å². The van der Waals surface area contributed by atoms with E-state index >= 15 is 0 Å². The third kappa shape index (κ3) is 13.5. The number of thiophene rings is 2. The van der Waals surface area contributed by atoms with Gasteiger partial charge >= 0.3 is 0 Å². The summed E-state index contributed by atoms with van der Waals surface area (Å²) in [6, 6.07) is 80.6. The zero-order valence-electron chi connectivity index (χ0n) is 83.2. The highest BCUT2D eigenvalue weighted by molar-refractivity contribution is 7.34. The van der Waals surface area contributed by atoms with Crippen LogP contribution in [0.25, 0.3) is 20.2 Å². The van der Waals surface area contributed by atoms with E-state index in [-0.39, 0.29) is 63.5 Å². The van der Waals surface area contributed by atoms with Gasteiger partial charge in [0.2, 0.25) is 0 Å². The molecular formula is C119H132B3N5OS2. The SMILES string of the molecule is CCC(C)(C)c1cc2c3c(c1)N(c1c(C)cc(C)cc1C)c1cc4c(cc1B3c1sc3ccc(C(C)(C)CC)cc3c1O2)B1c2cc3c(cc2N(c2c(C)cc(C)cc2C)c2cc(C(C)(C)CC)cc(c21)N4c1ccc(C(C)(C)C)cc1)N(c1ccc(C(C)(C)C)cc1)c1cc(C(C)(C)CC)cc2c1B3c1sc3ccc(C(C)(C)CC)cc3c1N2c1ccc(C(C)(C)C)cc1. The van der Waals surface area contributed by atoms with Gasteiger partial charge in [-0.3, -0.25) is 0 Å². The summed E-state index contributed by atoms with van der Waals surface area (Å²) in [5, 5.41) is 2.51. The van der Waals surface area contributed by atoms with Gasteiger partial charge in [-0.15, -0.1) is 22.7 Å². The van der Waals surface area contributed by atoms with E-state index in [1.165, 1.54) is 220 Å². The van der Waals surface area contributed by atoms with E-state index in [4.69, 9.17) is 4.74 Å². The predicted octanol–water partition coefficient (Wildman–Crippen LogP) is 28.9. The van der Waals surface area contributed by atoms with Crippen LogP contribution in [0.1, 0.15) is 276 Å². The second-order valence-corrected chi connectivity index (χ2v) is 48.1. The monoisotopic (exact) mass is 1740 g/mol. The number of ether oxygens (including phenoxy) is 1. The van der Waals surface area contributed by atoms with Crippen LogP contribution in [0.4, 0.5) is 85.3 Å². The topological polar surface area (TPSA) is 25.4 Å². The van der Waals surface area contributed by atoms with Crippen LogP contribution >= 0.6 is 22.7 Å². The van der Waals surface area contributed by atoms with Crippen molar-refractivity contribution in [2.75, 3.05) is 24.5 Å². The van der Waals surface area contributed by atoms with Gasteiger partial charge in [0.15, 0.2) is 0 Å². The molecule has 0 aliphatic carbocycles. The maximum absolute atomic E-state index is 7.93. The normalized spacial score (nSPS) is 14.6. The molecular weight excluding hydrogens is 1610 g/mol. The molecule has 0 spiro atoms. The van der Waals surface area contributed by atoms with E-state index in [1.807, 2.05) is 22.7 Å². The number of rotatable bonds is 15. The van der Waals surface area contributed by atoms with Crippen LogP contribution in [-0.4, -0.2) is 20.1 Å². The van der Waals surface area contributed by atoms with Crippen LogP contribution in [-0.2, 0) is 43.3 Å². The van der Waals surface area contributed by atoms with E-state index in [0.29, 0.717) is 0 Å². The molecule has 6 aliphatic heterocycles. The number of anilines is 15. The summed E-state index contributed by atoms with van der Waals surface area (Å²) in [5.74, 6) is 1.95. The zero-order chi connectivity index (χ0) is 92.3. The minimum atomic E-state index is -0.308. The van der Waals surface area contributed by atoms with E-state index in [2.05, 4.69) is 426 Å². The Morgan fingerprint density at radius 3 is 0.954 bits per heavy atom. The zero-order valence-corrected chi connectivity index (χ0v) is 84.8. The van der Waals surface area contributed by atoms with Crippen molar-refractivity contribution in [3.8, 4) is 11.5 Å². The van der Waals surface area contributed by atoms with Gasteiger partial charge in [-0.05, 0) is 331 Å². The summed E-state index contributed by atoms with van der Waals surface area (Å²) >= 11 is 3.97. The molecule has 6 aliphatic rings. The van der Waals surface area contributed by atoms with Gasteiger partial charge in [-0.2, -0.15) is 0 Å². The lowest BCUT2D eigenvalue weighted by Crippen LogP contribution is -2.66. The molecule has 0 bridgehead atoms. The smallest absolute Gasteiger partial charge is 0.268 e. The van der Waals surface area contributed by atoms with Gasteiger partial charge in [0.05, 0.1) is 17.1 Å². The molecule has 6 nitrogen and oxygen atoms in total. The number of benzene rings is 12. The lowest BCUT2D eigenvalue weighted by Gasteiger charge is -2.49. The lowest BCUT2D eigenvalue weighted by atomic mass is 9.30. The first-order valence-corrected chi connectivity index (χ1v) is 50.1. The van der Waals surface area contributed by atoms with Gasteiger partial charge in [0, 0.05) is 98.0 Å². The van der Waals surface area contributed by atoms with Gasteiger partial charge in [0.1, 0.15) is 11.5 Å². The number of nitrogens with zero attached hydrogens (tertiary/aromatic N) is 5. The molecule has 0 radical (unpaired) electrons. The van der Waals surface area contributed by atoms with Crippen molar-refractivity contribution in [1.82, 2.24) is 0 Å². The van der Waals surface area contributed by atoms with Crippen LogP contribution in [0.15, 0.2) is 194 Å². The number of hydrogen-bond acceptors (Lipinski definition) is 8.